The van der Waals surface area contributed by atoms with Crippen LogP contribution in [0.1, 0.15) is 22.3 Å². The van der Waals surface area contributed by atoms with Gasteiger partial charge in [0, 0.05) is 25.5 Å². The van der Waals surface area contributed by atoms with Crippen LogP contribution in [0.3, 0.4) is 0 Å². The van der Waals surface area contributed by atoms with Crippen molar-refractivity contribution in [3.8, 4) is 0 Å². The second-order valence-corrected chi connectivity index (χ2v) is 5.49. The molecule has 1 aromatic carbocycles. The Hall–Kier alpha value is -2.20. The van der Waals surface area contributed by atoms with Crippen LogP contribution in [0.15, 0.2) is 54.9 Å². The van der Waals surface area contributed by atoms with Crippen LogP contribution in [0.5, 0.6) is 0 Å². The molecule has 1 fully saturated rings. The summed E-state index contributed by atoms with van der Waals surface area (Å²) in [5, 5.41) is 0. The van der Waals surface area contributed by atoms with Gasteiger partial charge in [-0.25, -0.2) is 0 Å². The molecule has 22 heavy (non-hydrogen) atoms. The number of benzene rings is 1. The molecule has 0 bridgehead atoms. The number of aromatic nitrogens is 1. The van der Waals surface area contributed by atoms with Gasteiger partial charge in [0.2, 0.25) is 0 Å². The molecule has 1 aliphatic heterocycles. The molecule has 0 spiro atoms. The molecule has 0 saturated carbocycles. The van der Waals surface area contributed by atoms with E-state index in [1.165, 1.54) is 5.56 Å². The number of pyridine rings is 1. The molecular formula is C18H20N2O2. The van der Waals surface area contributed by atoms with Crippen molar-refractivity contribution in [2.45, 2.75) is 18.9 Å². The molecule has 1 saturated heterocycles. The van der Waals surface area contributed by atoms with Gasteiger partial charge in [0.1, 0.15) is 0 Å². The van der Waals surface area contributed by atoms with Crippen molar-refractivity contribution in [3.63, 3.8) is 0 Å². The van der Waals surface area contributed by atoms with Gasteiger partial charge in [-0.3, -0.25) is 9.78 Å². The average Bonchev–Trinajstić information content (AvgIpc) is 3.11. The summed E-state index contributed by atoms with van der Waals surface area (Å²) >= 11 is 0. The molecule has 0 unspecified atom stereocenters. The first-order valence-electron chi connectivity index (χ1n) is 7.67. The highest BCUT2D eigenvalue weighted by Crippen LogP contribution is 2.16. The Kier molecular flexibility index (Phi) is 4.81. The van der Waals surface area contributed by atoms with Crippen LogP contribution >= 0.6 is 0 Å². The maximum absolute atomic E-state index is 12.8. The van der Waals surface area contributed by atoms with Gasteiger partial charge in [0.05, 0.1) is 18.2 Å². The highest BCUT2D eigenvalue weighted by Gasteiger charge is 2.27. The molecule has 114 valence electrons. The minimum atomic E-state index is 0.0412. The molecule has 2 aromatic rings. The molecule has 0 N–H and O–H groups in total. The molecule has 4 heteroatoms. The second kappa shape index (κ2) is 7.18. The first-order valence-corrected chi connectivity index (χ1v) is 7.67. The van der Waals surface area contributed by atoms with Gasteiger partial charge in [0.25, 0.3) is 5.91 Å². The van der Waals surface area contributed by atoms with Crippen molar-refractivity contribution in [1.82, 2.24) is 9.88 Å². The van der Waals surface area contributed by atoms with Crippen molar-refractivity contribution in [2.75, 3.05) is 19.8 Å². The SMILES string of the molecule is O=C(c1cccnc1)N(CCc1ccccc1)[C@@H]1CCOC1. The van der Waals surface area contributed by atoms with Crippen LogP contribution in [0.2, 0.25) is 0 Å². The number of nitrogens with zero attached hydrogens (tertiary/aromatic N) is 2. The van der Waals surface area contributed by atoms with Gasteiger partial charge in [0.15, 0.2) is 0 Å². The Morgan fingerprint density at radius 2 is 2.09 bits per heavy atom. The third kappa shape index (κ3) is 3.52. The van der Waals surface area contributed by atoms with Gasteiger partial charge in [-0.15, -0.1) is 0 Å². The van der Waals surface area contributed by atoms with E-state index in [9.17, 15) is 4.79 Å². The summed E-state index contributed by atoms with van der Waals surface area (Å²) in [7, 11) is 0. The molecule has 0 aliphatic carbocycles. The zero-order chi connectivity index (χ0) is 15.2. The summed E-state index contributed by atoms with van der Waals surface area (Å²) in [6.07, 6.45) is 5.07. The van der Waals surface area contributed by atoms with Crippen molar-refractivity contribution in [3.05, 3.63) is 66.0 Å². The maximum Gasteiger partial charge on any atom is 0.255 e. The van der Waals surface area contributed by atoms with Crippen LogP contribution in [-0.4, -0.2) is 41.6 Å². The maximum atomic E-state index is 12.8. The topological polar surface area (TPSA) is 42.4 Å². The van der Waals surface area contributed by atoms with Crippen LogP contribution < -0.4 is 0 Å². The van der Waals surface area contributed by atoms with E-state index in [2.05, 4.69) is 17.1 Å². The quantitative estimate of drug-likeness (QED) is 0.851. The Morgan fingerprint density at radius 3 is 2.77 bits per heavy atom. The monoisotopic (exact) mass is 296 g/mol. The van der Waals surface area contributed by atoms with Gasteiger partial charge >= 0.3 is 0 Å². The summed E-state index contributed by atoms with van der Waals surface area (Å²) in [4.78, 5) is 18.8. The summed E-state index contributed by atoms with van der Waals surface area (Å²) in [6, 6.07) is 14.0. The lowest BCUT2D eigenvalue weighted by Crippen LogP contribution is -2.42. The Labute approximate surface area is 130 Å². The highest BCUT2D eigenvalue weighted by atomic mass is 16.5. The summed E-state index contributed by atoms with van der Waals surface area (Å²) in [5.74, 6) is 0.0412. The van der Waals surface area contributed by atoms with E-state index < -0.39 is 0 Å². The van der Waals surface area contributed by atoms with Crippen molar-refractivity contribution in [1.29, 1.82) is 0 Å². The first-order chi connectivity index (χ1) is 10.8. The fourth-order valence-corrected chi connectivity index (χ4v) is 2.77. The van der Waals surface area contributed by atoms with E-state index in [1.807, 2.05) is 29.2 Å². The van der Waals surface area contributed by atoms with Crippen molar-refractivity contribution < 1.29 is 9.53 Å². The van der Waals surface area contributed by atoms with Crippen molar-refractivity contribution >= 4 is 5.91 Å². The van der Waals surface area contributed by atoms with E-state index in [1.54, 1.807) is 18.5 Å². The molecule has 1 aliphatic rings. The van der Waals surface area contributed by atoms with Gasteiger partial charge in [-0.05, 0) is 30.5 Å². The van der Waals surface area contributed by atoms with Crippen LogP contribution in [0, 0.1) is 0 Å². The lowest BCUT2D eigenvalue weighted by Gasteiger charge is -2.28. The number of hydrogen-bond acceptors (Lipinski definition) is 3. The lowest BCUT2D eigenvalue weighted by molar-refractivity contribution is 0.0656. The van der Waals surface area contributed by atoms with E-state index in [0.29, 0.717) is 18.7 Å². The van der Waals surface area contributed by atoms with Gasteiger partial charge < -0.3 is 9.64 Å². The normalized spacial score (nSPS) is 17.4. The van der Waals surface area contributed by atoms with Gasteiger partial charge in [-0.2, -0.15) is 0 Å². The predicted molar refractivity (Wildman–Crippen MR) is 84.6 cm³/mol. The number of carbonyl (C=O) groups excluding carboxylic acids is 1. The smallest absolute Gasteiger partial charge is 0.255 e. The minimum Gasteiger partial charge on any atom is -0.379 e. The molecule has 3 rings (SSSR count). The summed E-state index contributed by atoms with van der Waals surface area (Å²) in [5.41, 5.74) is 1.88. The van der Waals surface area contributed by atoms with Crippen molar-refractivity contribution in [2.24, 2.45) is 0 Å². The van der Waals surface area contributed by atoms with Gasteiger partial charge in [-0.1, -0.05) is 30.3 Å². The van der Waals surface area contributed by atoms with E-state index in [-0.39, 0.29) is 11.9 Å². The number of ether oxygens (including phenoxy) is 1. The van der Waals surface area contributed by atoms with E-state index in [4.69, 9.17) is 4.74 Å². The standard InChI is InChI=1S/C18H20N2O2/c21-18(16-7-4-10-19-13-16)20(17-9-12-22-14-17)11-8-15-5-2-1-3-6-15/h1-7,10,13,17H,8-9,11-12,14H2/t17-/m1/s1. The molecule has 1 amide bonds. The number of hydrogen-bond donors (Lipinski definition) is 0. The third-order valence-electron chi connectivity index (χ3n) is 4.00. The average molecular weight is 296 g/mol. The van der Waals surface area contributed by atoms with E-state index in [0.717, 1.165) is 19.4 Å². The molecule has 1 aromatic heterocycles. The Bertz CT molecular complexity index is 595. The number of carbonyl (C=O) groups is 1. The Morgan fingerprint density at radius 1 is 1.23 bits per heavy atom. The number of amides is 1. The van der Waals surface area contributed by atoms with E-state index >= 15 is 0 Å². The van der Waals surface area contributed by atoms with Crippen LogP contribution in [0.25, 0.3) is 0 Å². The van der Waals surface area contributed by atoms with Crippen LogP contribution in [-0.2, 0) is 11.2 Å². The fourth-order valence-electron chi connectivity index (χ4n) is 2.77. The molecular weight excluding hydrogens is 276 g/mol. The largest absolute Gasteiger partial charge is 0.379 e. The summed E-state index contributed by atoms with van der Waals surface area (Å²) in [6.45, 7) is 2.05. The van der Waals surface area contributed by atoms with Crippen LogP contribution in [0.4, 0.5) is 0 Å². The second-order valence-electron chi connectivity index (χ2n) is 5.49. The summed E-state index contributed by atoms with van der Waals surface area (Å²) < 4.78 is 5.47. The third-order valence-corrected chi connectivity index (χ3v) is 4.00. The minimum absolute atomic E-state index is 0.0412. The Balaban J connectivity index is 1.73. The first kappa shape index (κ1) is 14.7. The zero-order valence-electron chi connectivity index (χ0n) is 12.5. The molecule has 4 nitrogen and oxygen atoms in total. The molecule has 0 radical (unpaired) electrons. The highest BCUT2D eigenvalue weighted by molar-refractivity contribution is 5.94. The lowest BCUT2D eigenvalue weighted by atomic mass is 10.1. The number of rotatable bonds is 5. The zero-order valence-corrected chi connectivity index (χ0v) is 12.5. The molecule has 2 heterocycles. The molecule has 1 atom stereocenters. The fraction of sp³-hybridized carbons (Fsp3) is 0.333. The predicted octanol–water partition coefficient (Wildman–Crippen LogP) is 2.56.